The van der Waals surface area contributed by atoms with Crippen LogP contribution in [0.4, 0.5) is 0 Å². The fourth-order valence-corrected chi connectivity index (χ4v) is 8.74. The Kier molecular flexibility index (Phi) is 6.62. The van der Waals surface area contributed by atoms with Crippen molar-refractivity contribution in [3.8, 4) is 44.5 Å². The molecule has 246 valence electrons. The van der Waals surface area contributed by atoms with E-state index in [0.717, 1.165) is 33.1 Å². The summed E-state index contributed by atoms with van der Waals surface area (Å²) in [6, 6.07) is 70.5. The number of hydrogen-bond donors (Lipinski definition) is 0. The number of hydrogen-bond acceptors (Lipinski definition) is 1. The molecule has 0 aliphatic heterocycles. The number of fused-ring (bicyclic) bond motifs is 8. The maximum Gasteiger partial charge on any atom is 0.143 e. The zero-order chi connectivity index (χ0) is 34.9. The zero-order valence-electron chi connectivity index (χ0n) is 28.9. The molecule has 1 nitrogen and oxygen atoms in total. The molecule has 0 saturated heterocycles. The van der Waals surface area contributed by atoms with E-state index in [2.05, 4.69) is 194 Å². The van der Waals surface area contributed by atoms with Crippen LogP contribution in [0.15, 0.2) is 199 Å². The monoisotopic (exact) mass is 672 g/mol. The minimum atomic E-state index is 0.897. The molecule has 1 aromatic heterocycles. The van der Waals surface area contributed by atoms with Crippen LogP contribution in [0.2, 0.25) is 0 Å². The molecule has 0 spiro atoms. The normalized spacial score (nSPS) is 11.8. The Morgan fingerprint density at radius 2 is 0.811 bits per heavy atom. The summed E-state index contributed by atoms with van der Waals surface area (Å²) in [6.07, 6.45) is 0. The minimum absolute atomic E-state index is 0.897. The molecule has 0 aliphatic rings. The first-order valence-electron chi connectivity index (χ1n) is 18.3. The summed E-state index contributed by atoms with van der Waals surface area (Å²) in [7, 11) is 0. The molecule has 1 heteroatoms. The third kappa shape index (κ3) is 4.58. The van der Waals surface area contributed by atoms with Crippen molar-refractivity contribution in [2.75, 3.05) is 0 Å². The molecular formula is C52H32O. The standard InChI is InChI=1S/C52H32O/c1-2-15-33(16-3-1)37-27-14-28-46-48-32-35(29-30-49(48)53-52(37)46)50-42-23-10-12-25-44(42)51(45-26-13-11-24-43(45)50)41-22-9-8-21-40(41)47-31-34-17-4-5-18-36(34)38-19-6-7-20-39(38)47/h1-32H. The molecule has 0 N–H and O–H groups in total. The van der Waals surface area contributed by atoms with Crippen molar-refractivity contribution >= 4 is 65.0 Å². The van der Waals surface area contributed by atoms with E-state index in [1.807, 2.05) is 0 Å². The van der Waals surface area contributed by atoms with Crippen LogP contribution in [0, 0.1) is 0 Å². The van der Waals surface area contributed by atoms with Gasteiger partial charge in [-0.25, -0.2) is 0 Å². The van der Waals surface area contributed by atoms with E-state index in [-0.39, 0.29) is 0 Å². The molecule has 0 radical (unpaired) electrons. The predicted octanol–water partition coefficient (Wildman–Crippen LogP) is 14.9. The molecule has 1 heterocycles. The van der Waals surface area contributed by atoms with Crippen molar-refractivity contribution in [2.24, 2.45) is 0 Å². The molecule has 0 amide bonds. The van der Waals surface area contributed by atoms with Crippen LogP contribution in [-0.2, 0) is 0 Å². The van der Waals surface area contributed by atoms with Crippen LogP contribution < -0.4 is 0 Å². The zero-order valence-corrected chi connectivity index (χ0v) is 28.9. The predicted molar refractivity (Wildman–Crippen MR) is 225 cm³/mol. The molecule has 0 unspecified atom stereocenters. The van der Waals surface area contributed by atoms with Gasteiger partial charge in [-0.3, -0.25) is 0 Å². The van der Waals surface area contributed by atoms with Gasteiger partial charge < -0.3 is 4.42 Å². The average molecular weight is 673 g/mol. The summed E-state index contributed by atoms with van der Waals surface area (Å²) < 4.78 is 6.59. The van der Waals surface area contributed by atoms with Gasteiger partial charge in [-0.2, -0.15) is 0 Å². The first kappa shape index (κ1) is 29.7. The minimum Gasteiger partial charge on any atom is -0.455 e. The summed E-state index contributed by atoms with van der Waals surface area (Å²) >= 11 is 0. The van der Waals surface area contributed by atoms with Gasteiger partial charge in [0.1, 0.15) is 11.2 Å². The average Bonchev–Trinajstić information content (AvgIpc) is 3.61. The van der Waals surface area contributed by atoms with Crippen molar-refractivity contribution in [1.82, 2.24) is 0 Å². The van der Waals surface area contributed by atoms with Gasteiger partial charge in [-0.05, 0) is 100 Å². The molecule has 53 heavy (non-hydrogen) atoms. The summed E-state index contributed by atoms with van der Waals surface area (Å²) in [5, 5.41) is 12.3. The van der Waals surface area contributed by atoms with E-state index in [4.69, 9.17) is 4.42 Å². The van der Waals surface area contributed by atoms with Gasteiger partial charge in [0.05, 0.1) is 0 Å². The van der Waals surface area contributed by atoms with E-state index >= 15 is 0 Å². The SMILES string of the molecule is c1ccc(-c2cccc3c2oc2ccc(-c4c5ccccc5c(-c5ccccc5-c5cc6ccccc6c6ccccc56)c5ccccc45)cc23)cc1. The highest BCUT2D eigenvalue weighted by atomic mass is 16.3. The van der Waals surface area contributed by atoms with Gasteiger partial charge >= 0.3 is 0 Å². The molecule has 0 fully saturated rings. The first-order valence-corrected chi connectivity index (χ1v) is 18.3. The van der Waals surface area contributed by atoms with Gasteiger partial charge in [0.2, 0.25) is 0 Å². The second kappa shape index (κ2) is 11.8. The van der Waals surface area contributed by atoms with E-state index in [0.29, 0.717) is 0 Å². The third-order valence-corrected chi connectivity index (χ3v) is 11.1. The van der Waals surface area contributed by atoms with Crippen molar-refractivity contribution in [3.63, 3.8) is 0 Å². The Morgan fingerprint density at radius 1 is 0.264 bits per heavy atom. The first-order chi connectivity index (χ1) is 26.3. The van der Waals surface area contributed by atoms with Crippen molar-refractivity contribution < 1.29 is 4.42 Å². The summed E-state index contributed by atoms with van der Waals surface area (Å²) in [4.78, 5) is 0. The number of rotatable bonds is 4. The molecular weight excluding hydrogens is 641 g/mol. The van der Waals surface area contributed by atoms with Crippen LogP contribution in [0.3, 0.4) is 0 Å². The Labute approximate surface area is 307 Å². The molecule has 0 atom stereocenters. The Hall–Kier alpha value is -6.96. The number of para-hydroxylation sites is 1. The van der Waals surface area contributed by atoms with E-state index in [1.54, 1.807) is 0 Å². The van der Waals surface area contributed by atoms with E-state index in [1.165, 1.54) is 76.5 Å². The van der Waals surface area contributed by atoms with Crippen LogP contribution in [0.1, 0.15) is 0 Å². The highest BCUT2D eigenvalue weighted by molar-refractivity contribution is 6.24. The molecule has 11 rings (SSSR count). The van der Waals surface area contributed by atoms with Gasteiger partial charge in [0.25, 0.3) is 0 Å². The van der Waals surface area contributed by atoms with Crippen LogP contribution >= 0.6 is 0 Å². The topological polar surface area (TPSA) is 13.1 Å². The Balaban J connectivity index is 1.18. The smallest absolute Gasteiger partial charge is 0.143 e. The Bertz CT molecular complexity index is 3160. The summed E-state index contributed by atoms with van der Waals surface area (Å²) in [6.45, 7) is 0. The fraction of sp³-hybridized carbons (Fsp3) is 0. The number of furan rings is 1. The van der Waals surface area contributed by atoms with Crippen LogP contribution in [0.5, 0.6) is 0 Å². The molecule has 10 aromatic carbocycles. The van der Waals surface area contributed by atoms with Crippen LogP contribution in [-0.4, -0.2) is 0 Å². The van der Waals surface area contributed by atoms with Crippen molar-refractivity contribution in [2.45, 2.75) is 0 Å². The lowest BCUT2D eigenvalue weighted by Gasteiger charge is -2.20. The lowest BCUT2D eigenvalue weighted by Crippen LogP contribution is -1.93. The highest BCUT2D eigenvalue weighted by Crippen LogP contribution is 2.48. The second-order valence-corrected chi connectivity index (χ2v) is 13.9. The fourth-order valence-electron chi connectivity index (χ4n) is 8.74. The lowest BCUT2D eigenvalue weighted by molar-refractivity contribution is 0.670. The van der Waals surface area contributed by atoms with Crippen molar-refractivity contribution in [1.29, 1.82) is 0 Å². The van der Waals surface area contributed by atoms with E-state index in [9.17, 15) is 0 Å². The van der Waals surface area contributed by atoms with E-state index < -0.39 is 0 Å². The van der Waals surface area contributed by atoms with Crippen molar-refractivity contribution in [3.05, 3.63) is 194 Å². The maximum absolute atomic E-state index is 6.59. The highest BCUT2D eigenvalue weighted by Gasteiger charge is 2.21. The molecule has 0 saturated carbocycles. The quantitative estimate of drug-likeness (QED) is 0.134. The summed E-state index contributed by atoms with van der Waals surface area (Å²) in [5.41, 5.74) is 11.5. The van der Waals surface area contributed by atoms with Gasteiger partial charge in [0.15, 0.2) is 0 Å². The summed E-state index contributed by atoms with van der Waals surface area (Å²) in [5.74, 6) is 0. The molecule has 0 aliphatic carbocycles. The maximum atomic E-state index is 6.59. The molecule has 11 aromatic rings. The second-order valence-electron chi connectivity index (χ2n) is 13.9. The van der Waals surface area contributed by atoms with Gasteiger partial charge in [-0.1, -0.05) is 176 Å². The third-order valence-electron chi connectivity index (χ3n) is 11.1. The molecule has 0 bridgehead atoms. The van der Waals surface area contributed by atoms with Gasteiger partial charge in [0, 0.05) is 16.3 Å². The Morgan fingerprint density at radius 3 is 1.55 bits per heavy atom. The lowest BCUT2D eigenvalue weighted by atomic mass is 9.83. The van der Waals surface area contributed by atoms with Crippen LogP contribution in [0.25, 0.3) is 110 Å². The largest absolute Gasteiger partial charge is 0.455 e. The number of benzene rings is 10. The van der Waals surface area contributed by atoms with Gasteiger partial charge in [-0.15, -0.1) is 0 Å².